The van der Waals surface area contributed by atoms with Crippen LogP contribution in [0.5, 0.6) is 0 Å². The highest BCUT2D eigenvalue weighted by Gasteiger charge is 2.27. The maximum atomic E-state index is 14.9. The second-order valence-corrected chi connectivity index (χ2v) is 11.0. The minimum atomic E-state index is -0.419. The van der Waals surface area contributed by atoms with Gasteiger partial charge >= 0.3 is 0 Å². The third kappa shape index (κ3) is 7.28. The van der Waals surface area contributed by atoms with E-state index in [1.54, 1.807) is 19.4 Å². The molecule has 0 radical (unpaired) electrons. The molecule has 2 aromatic rings. The molecule has 3 heterocycles. The van der Waals surface area contributed by atoms with Crippen LogP contribution in [-0.4, -0.2) is 61.6 Å². The van der Waals surface area contributed by atoms with Gasteiger partial charge in [0.15, 0.2) is 0 Å². The summed E-state index contributed by atoms with van der Waals surface area (Å²) in [6.07, 6.45) is 9.18. The third-order valence-electron chi connectivity index (χ3n) is 7.42. The summed E-state index contributed by atoms with van der Waals surface area (Å²) in [6.45, 7) is 7.48. The molecule has 0 unspecified atom stereocenters. The van der Waals surface area contributed by atoms with Crippen molar-refractivity contribution in [1.29, 1.82) is 0 Å². The monoisotopic (exact) mass is 519 g/mol. The molecule has 4 rings (SSSR count). The Bertz CT molecular complexity index is 996. The summed E-state index contributed by atoms with van der Waals surface area (Å²) in [6, 6.07) is 4.75. The summed E-state index contributed by atoms with van der Waals surface area (Å²) < 4.78 is 25.6. The fourth-order valence-electron chi connectivity index (χ4n) is 5.13. The van der Waals surface area contributed by atoms with E-state index in [1.165, 1.54) is 6.20 Å². The Balaban J connectivity index is 1.40. The van der Waals surface area contributed by atoms with Crippen LogP contribution in [0.3, 0.4) is 0 Å². The maximum Gasteiger partial charge on any atom is 0.149 e. The molecule has 1 saturated carbocycles. The van der Waals surface area contributed by atoms with E-state index in [4.69, 9.17) is 21.1 Å². The quantitative estimate of drug-likeness (QED) is 0.357. The van der Waals surface area contributed by atoms with Gasteiger partial charge in [0.05, 0.1) is 24.7 Å². The minimum absolute atomic E-state index is 0.160. The predicted octanol–water partition coefficient (Wildman–Crippen LogP) is 5.51. The SMILES string of the molecule is COC[C@H](C)N[C@H]1CC[C@H](Nc2cc(-c3cc(NCC4(C)CCOCC4)cnc3Cl)c(F)cn2)CC1. The molecule has 0 aromatic carbocycles. The summed E-state index contributed by atoms with van der Waals surface area (Å²) in [5, 5.41) is 10.9. The van der Waals surface area contributed by atoms with Crippen molar-refractivity contribution in [3.05, 3.63) is 35.5 Å². The van der Waals surface area contributed by atoms with Crippen molar-refractivity contribution in [2.24, 2.45) is 5.41 Å². The third-order valence-corrected chi connectivity index (χ3v) is 7.72. The molecule has 3 N–H and O–H groups in total. The smallest absolute Gasteiger partial charge is 0.149 e. The van der Waals surface area contributed by atoms with Gasteiger partial charge in [-0.05, 0) is 63.0 Å². The molecule has 2 aliphatic rings. The molecule has 9 heteroatoms. The van der Waals surface area contributed by atoms with Crippen LogP contribution in [-0.2, 0) is 9.47 Å². The van der Waals surface area contributed by atoms with Gasteiger partial charge in [-0.25, -0.2) is 14.4 Å². The van der Waals surface area contributed by atoms with Crippen molar-refractivity contribution in [1.82, 2.24) is 15.3 Å². The van der Waals surface area contributed by atoms with Crippen LogP contribution in [0.25, 0.3) is 11.1 Å². The number of halogens is 2. The topological polar surface area (TPSA) is 80.3 Å². The number of methoxy groups -OCH3 is 1. The van der Waals surface area contributed by atoms with Crippen molar-refractivity contribution in [2.45, 2.75) is 70.5 Å². The predicted molar refractivity (Wildman–Crippen MR) is 143 cm³/mol. The second-order valence-electron chi connectivity index (χ2n) is 10.6. The lowest BCUT2D eigenvalue weighted by Gasteiger charge is -2.33. The fraction of sp³-hybridized carbons (Fsp3) is 0.630. The lowest BCUT2D eigenvalue weighted by atomic mass is 9.82. The Labute approximate surface area is 218 Å². The first-order valence-electron chi connectivity index (χ1n) is 13.0. The number of pyridine rings is 2. The Kier molecular flexibility index (Phi) is 9.39. The van der Waals surface area contributed by atoms with Crippen molar-refractivity contribution in [2.75, 3.05) is 44.1 Å². The average Bonchev–Trinajstić information content (AvgIpc) is 2.87. The number of aromatic nitrogens is 2. The average molecular weight is 520 g/mol. The van der Waals surface area contributed by atoms with Gasteiger partial charge in [-0.1, -0.05) is 18.5 Å². The van der Waals surface area contributed by atoms with Crippen LogP contribution in [0.2, 0.25) is 5.15 Å². The second kappa shape index (κ2) is 12.5. The largest absolute Gasteiger partial charge is 0.383 e. The van der Waals surface area contributed by atoms with Crippen LogP contribution in [0.4, 0.5) is 15.9 Å². The van der Waals surface area contributed by atoms with E-state index in [0.717, 1.165) is 64.0 Å². The van der Waals surface area contributed by atoms with Gasteiger partial charge in [-0.15, -0.1) is 0 Å². The molecule has 2 aromatic heterocycles. The van der Waals surface area contributed by atoms with Crippen molar-refractivity contribution >= 4 is 23.1 Å². The van der Waals surface area contributed by atoms with E-state index in [2.05, 4.69) is 39.8 Å². The molecule has 0 amide bonds. The molecule has 1 aliphatic heterocycles. The lowest BCUT2D eigenvalue weighted by molar-refractivity contribution is 0.0300. The molecular formula is C27H39ClFN5O2. The summed E-state index contributed by atoms with van der Waals surface area (Å²) in [5.74, 6) is 0.234. The van der Waals surface area contributed by atoms with Crippen LogP contribution in [0.1, 0.15) is 52.4 Å². The maximum absolute atomic E-state index is 14.9. The zero-order valence-corrected chi connectivity index (χ0v) is 22.3. The summed E-state index contributed by atoms with van der Waals surface area (Å²) in [4.78, 5) is 8.63. The lowest BCUT2D eigenvalue weighted by Crippen LogP contribution is -2.42. The Morgan fingerprint density at radius 2 is 1.83 bits per heavy atom. The molecule has 36 heavy (non-hydrogen) atoms. The summed E-state index contributed by atoms with van der Waals surface area (Å²) in [5.41, 5.74) is 1.94. The molecule has 1 atom stereocenters. The van der Waals surface area contributed by atoms with E-state index < -0.39 is 5.82 Å². The molecule has 1 saturated heterocycles. The number of ether oxygens (including phenoxy) is 2. The van der Waals surface area contributed by atoms with Crippen LogP contribution in [0, 0.1) is 11.2 Å². The zero-order chi connectivity index (χ0) is 25.5. The Morgan fingerprint density at radius 1 is 1.11 bits per heavy atom. The minimum Gasteiger partial charge on any atom is -0.383 e. The normalized spacial score (nSPS) is 22.7. The zero-order valence-electron chi connectivity index (χ0n) is 21.6. The van der Waals surface area contributed by atoms with Gasteiger partial charge < -0.3 is 25.4 Å². The number of anilines is 2. The molecule has 7 nitrogen and oxygen atoms in total. The molecule has 2 fully saturated rings. The van der Waals surface area contributed by atoms with Crippen LogP contribution >= 0.6 is 11.6 Å². The standard InChI is InChI=1S/C27H39ClFN5O2/c1-18(16-35-3)33-19-4-6-20(7-5-19)34-25-13-22(24(29)15-30-25)23-12-21(14-31-26(23)28)32-17-27(2)8-10-36-11-9-27/h12-15,18-20,32-33H,4-11,16-17H2,1-3H3,(H,30,34)/t18-,19-,20-/m0/s1. The summed E-state index contributed by atoms with van der Waals surface area (Å²) in [7, 11) is 1.73. The highest BCUT2D eigenvalue weighted by atomic mass is 35.5. The van der Waals surface area contributed by atoms with E-state index in [0.29, 0.717) is 41.7 Å². The van der Waals surface area contributed by atoms with Crippen LogP contribution < -0.4 is 16.0 Å². The van der Waals surface area contributed by atoms with E-state index in [-0.39, 0.29) is 10.6 Å². The van der Waals surface area contributed by atoms with Crippen molar-refractivity contribution in [3.63, 3.8) is 0 Å². The molecule has 198 valence electrons. The highest BCUT2D eigenvalue weighted by Crippen LogP contribution is 2.34. The first-order valence-corrected chi connectivity index (χ1v) is 13.4. The summed E-state index contributed by atoms with van der Waals surface area (Å²) >= 11 is 6.42. The number of hydrogen-bond donors (Lipinski definition) is 3. The first-order chi connectivity index (χ1) is 17.3. The van der Waals surface area contributed by atoms with Gasteiger partial charge in [-0.2, -0.15) is 0 Å². The van der Waals surface area contributed by atoms with Crippen molar-refractivity contribution < 1.29 is 13.9 Å². The van der Waals surface area contributed by atoms with Gasteiger partial charge in [-0.3, -0.25) is 0 Å². The van der Waals surface area contributed by atoms with Gasteiger partial charge in [0, 0.05) is 56.1 Å². The van der Waals surface area contributed by atoms with Crippen LogP contribution in [0.15, 0.2) is 24.5 Å². The highest BCUT2D eigenvalue weighted by molar-refractivity contribution is 6.32. The molecule has 1 aliphatic carbocycles. The number of nitrogens with one attached hydrogen (secondary N) is 3. The van der Waals surface area contributed by atoms with Gasteiger partial charge in [0.1, 0.15) is 16.8 Å². The number of rotatable bonds is 10. The molecular weight excluding hydrogens is 481 g/mol. The first kappa shape index (κ1) is 27.0. The number of nitrogens with zero attached hydrogens (tertiary/aromatic N) is 2. The number of hydrogen-bond acceptors (Lipinski definition) is 7. The Hall–Kier alpha value is -2.00. The molecule has 0 bridgehead atoms. The van der Waals surface area contributed by atoms with Gasteiger partial charge in [0.2, 0.25) is 0 Å². The Morgan fingerprint density at radius 3 is 2.56 bits per heavy atom. The van der Waals surface area contributed by atoms with Gasteiger partial charge in [0.25, 0.3) is 0 Å². The van der Waals surface area contributed by atoms with E-state index in [1.807, 2.05) is 6.07 Å². The van der Waals surface area contributed by atoms with E-state index >= 15 is 0 Å². The van der Waals surface area contributed by atoms with Crippen molar-refractivity contribution in [3.8, 4) is 11.1 Å². The fourth-order valence-corrected chi connectivity index (χ4v) is 5.33. The molecule has 0 spiro atoms. The van der Waals surface area contributed by atoms with E-state index in [9.17, 15) is 4.39 Å².